The molecule has 2 aromatic heterocycles. The summed E-state index contributed by atoms with van der Waals surface area (Å²) in [6, 6.07) is 5.71. The molecule has 0 radical (unpaired) electrons. The minimum Gasteiger partial charge on any atom is -0.362 e. The van der Waals surface area contributed by atoms with Crippen LogP contribution < -0.4 is 10.6 Å². The molecule has 2 heterocycles. The van der Waals surface area contributed by atoms with Gasteiger partial charge in [0.05, 0.1) is 18.4 Å². The van der Waals surface area contributed by atoms with Crippen LogP contribution in [0.5, 0.6) is 0 Å². The van der Waals surface area contributed by atoms with Crippen molar-refractivity contribution in [3.63, 3.8) is 0 Å². The smallest absolute Gasteiger partial charge is 0.224 e. The van der Waals surface area contributed by atoms with Gasteiger partial charge >= 0.3 is 0 Å². The van der Waals surface area contributed by atoms with Gasteiger partial charge in [-0.2, -0.15) is 4.98 Å². The molecule has 2 rings (SSSR count). The summed E-state index contributed by atoms with van der Waals surface area (Å²) in [7, 11) is 0. The van der Waals surface area contributed by atoms with Crippen LogP contribution in [0.25, 0.3) is 0 Å². The predicted molar refractivity (Wildman–Crippen MR) is 72.5 cm³/mol. The molecule has 0 amide bonds. The number of aromatic nitrogens is 3. The molecular weight excluding hydrogens is 245 g/mol. The van der Waals surface area contributed by atoms with Crippen LogP contribution in [0.3, 0.4) is 0 Å². The molecule has 19 heavy (non-hydrogen) atoms. The Balaban J connectivity index is 2.08. The Bertz CT molecular complexity index is 558. The Morgan fingerprint density at radius 3 is 2.79 bits per heavy atom. The van der Waals surface area contributed by atoms with Crippen LogP contribution in [-0.4, -0.2) is 21.5 Å². The Hall–Kier alpha value is -2.24. The van der Waals surface area contributed by atoms with Crippen molar-refractivity contribution in [1.29, 1.82) is 0 Å². The minimum absolute atomic E-state index is 0.175. The first-order valence-electron chi connectivity index (χ1n) is 6.12. The first kappa shape index (κ1) is 13.2. The van der Waals surface area contributed by atoms with Gasteiger partial charge in [-0.3, -0.25) is 4.98 Å². The maximum Gasteiger partial charge on any atom is 0.224 e. The predicted octanol–water partition coefficient (Wildman–Crippen LogP) is 2.36. The van der Waals surface area contributed by atoms with Gasteiger partial charge in [0.1, 0.15) is 0 Å². The maximum absolute atomic E-state index is 13.6. The summed E-state index contributed by atoms with van der Waals surface area (Å²) in [6.07, 6.45) is 1.15. The van der Waals surface area contributed by atoms with Gasteiger partial charge in [0.15, 0.2) is 11.6 Å². The first-order valence-corrected chi connectivity index (χ1v) is 6.12. The van der Waals surface area contributed by atoms with E-state index in [0.717, 1.165) is 17.6 Å². The van der Waals surface area contributed by atoms with E-state index >= 15 is 0 Å². The van der Waals surface area contributed by atoms with Gasteiger partial charge in [0.25, 0.3) is 0 Å². The third-order valence-electron chi connectivity index (χ3n) is 2.46. The molecule has 100 valence electrons. The lowest BCUT2D eigenvalue weighted by molar-refractivity contribution is 0.617. The van der Waals surface area contributed by atoms with Crippen LogP contribution in [0, 0.1) is 12.7 Å². The van der Waals surface area contributed by atoms with Crippen molar-refractivity contribution in [2.24, 2.45) is 0 Å². The minimum atomic E-state index is -0.477. The van der Waals surface area contributed by atoms with Crippen LogP contribution in [0.4, 0.5) is 16.2 Å². The Kier molecular flexibility index (Phi) is 4.22. The van der Waals surface area contributed by atoms with Crippen LogP contribution in [0.2, 0.25) is 0 Å². The number of aryl methyl sites for hydroxylation is 1. The van der Waals surface area contributed by atoms with E-state index in [4.69, 9.17) is 0 Å². The molecule has 0 saturated carbocycles. The molecule has 0 aliphatic heterocycles. The van der Waals surface area contributed by atoms with Crippen LogP contribution in [0.15, 0.2) is 24.4 Å². The molecule has 0 aliphatic rings. The monoisotopic (exact) mass is 261 g/mol. The first-order chi connectivity index (χ1) is 9.19. The van der Waals surface area contributed by atoms with Crippen molar-refractivity contribution in [3.8, 4) is 0 Å². The average molecular weight is 261 g/mol. The van der Waals surface area contributed by atoms with Gasteiger partial charge in [-0.25, -0.2) is 9.37 Å². The highest BCUT2D eigenvalue weighted by molar-refractivity contribution is 5.41. The van der Waals surface area contributed by atoms with Crippen LogP contribution in [-0.2, 0) is 6.54 Å². The second kappa shape index (κ2) is 6.08. The zero-order valence-corrected chi connectivity index (χ0v) is 10.9. The summed E-state index contributed by atoms with van der Waals surface area (Å²) in [5, 5.41) is 5.86. The van der Waals surface area contributed by atoms with E-state index in [2.05, 4.69) is 25.6 Å². The van der Waals surface area contributed by atoms with E-state index in [0.29, 0.717) is 19.0 Å². The largest absolute Gasteiger partial charge is 0.362 e. The van der Waals surface area contributed by atoms with Gasteiger partial charge in [0, 0.05) is 12.2 Å². The SMILES string of the molecule is CCNc1ncc(F)c(NCc2cccc(C)n2)n1. The van der Waals surface area contributed by atoms with E-state index in [1.54, 1.807) is 0 Å². The van der Waals surface area contributed by atoms with Crippen LogP contribution in [0.1, 0.15) is 18.3 Å². The molecule has 0 spiro atoms. The fourth-order valence-corrected chi connectivity index (χ4v) is 1.61. The maximum atomic E-state index is 13.6. The van der Waals surface area contributed by atoms with Crippen molar-refractivity contribution in [2.75, 3.05) is 17.2 Å². The van der Waals surface area contributed by atoms with Crippen molar-refractivity contribution in [2.45, 2.75) is 20.4 Å². The number of rotatable bonds is 5. The highest BCUT2D eigenvalue weighted by atomic mass is 19.1. The standard InChI is InChI=1S/C13H16FN5/c1-3-15-13-17-8-11(14)12(19-13)16-7-10-6-4-5-9(2)18-10/h4-6,8H,3,7H2,1-2H3,(H2,15,16,17,19). The lowest BCUT2D eigenvalue weighted by atomic mass is 10.3. The molecule has 2 aromatic rings. The van der Waals surface area contributed by atoms with Gasteiger partial charge in [-0.1, -0.05) is 6.07 Å². The van der Waals surface area contributed by atoms with Crippen LogP contribution >= 0.6 is 0 Å². The fourth-order valence-electron chi connectivity index (χ4n) is 1.61. The molecule has 0 unspecified atom stereocenters. The fraction of sp³-hybridized carbons (Fsp3) is 0.308. The summed E-state index contributed by atoms with van der Waals surface area (Å²) in [5.74, 6) is 0.104. The van der Waals surface area contributed by atoms with Crippen molar-refractivity contribution < 1.29 is 4.39 Å². The summed E-state index contributed by atoms with van der Waals surface area (Å²) in [6.45, 7) is 4.94. The lowest BCUT2D eigenvalue weighted by Crippen LogP contribution is -2.09. The zero-order chi connectivity index (χ0) is 13.7. The third-order valence-corrected chi connectivity index (χ3v) is 2.46. The highest BCUT2D eigenvalue weighted by Gasteiger charge is 2.06. The molecule has 0 aliphatic carbocycles. The van der Waals surface area contributed by atoms with E-state index < -0.39 is 5.82 Å². The topological polar surface area (TPSA) is 62.7 Å². The van der Waals surface area contributed by atoms with Gasteiger partial charge in [0.2, 0.25) is 5.95 Å². The normalized spacial score (nSPS) is 10.3. The van der Waals surface area contributed by atoms with E-state index in [1.807, 2.05) is 32.0 Å². The molecule has 5 nitrogen and oxygen atoms in total. The summed E-state index contributed by atoms with van der Waals surface area (Å²) < 4.78 is 13.6. The van der Waals surface area contributed by atoms with E-state index in [-0.39, 0.29) is 5.82 Å². The number of anilines is 2. The third kappa shape index (κ3) is 3.61. The second-order valence-electron chi connectivity index (χ2n) is 4.04. The number of halogens is 1. The molecule has 0 aromatic carbocycles. The van der Waals surface area contributed by atoms with Crippen molar-refractivity contribution in [3.05, 3.63) is 41.6 Å². The molecule has 0 bridgehead atoms. The Labute approximate surface area is 111 Å². The number of hydrogen-bond acceptors (Lipinski definition) is 5. The molecular formula is C13H16FN5. The summed E-state index contributed by atoms with van der Waals surface area (Å²) in [5.41, 5.74) is 1.76. The number of pyridine rings is 1. The second-order valence-corrected chi connectivity index (χ2v) is 4.04. The van der Waals surface area contributed by atoms with E-state index in [9.17, 15) is 4.39 Å². The quantitative estimate of drug-likeness (QED) is 0.865. The molecule has 0 saturated heterocycles. The van der Waals surface area contributed by atoms with Gasteiger partial charge in [-0.05, 0) is 26.0 Å². The summed E-state index contributed by atoms with van der Waals surface area (Å²) >= 11 is 0. The lowest BCUT2D eigenvalue weighted by Gasteiger charge is -2.08. The number of nitrogens with one attached hydrogen (secondary N) is 2. The molecule has 0 atom stereocenters. The van der Waals surface area contributed by atoms with Gasteiger partial charge < -0.3 is 10.6 Å². The Morgan fingerprint density at radius 2 is 2.05 bits per heavy atom. The molecule has 0 fully saturated rings. The number of nitrogens with zero attached hydrogens (tertiary/aromatic N) is 3. The molecule has 2 N–H and O–H groups in total. The van der Waals surface area contributed by atoms with E-state index in [1.165, 1.54) is 0 Å². The zero-order valence-electron chi connectivity index (χ0n) is 10.9. The summed E-state index contributed by atoms with van der Waals surface area (Å²) in [4.78, 5) is 12.2. The Morgan fingerprint density at radius 1 is 1.21 bits per heavy atom. The van der Waals surface area contributed by atoms with Crippen molar-refractivity contribution in [1.82, 2.24) is 15.0 Å². The average Bonchev–Trinajstić information content (AvgIpc) is 2.40. The molecule has 6 heteroatoms. The van der Waals surface area contributed by atoms with Gasteiger partial charge in [-0.15, -0.1) is 0 Å². The highest BCUT2D eigenvalue weighted by Crippen LogP contribution is 2.12. The van der Waals surface area contributed by atoms with Crippen molar-refractivity contribution >= 4 is 11.8 Å². The number of hydrogen-bond donors (Lipinski definition) is 2.